The third kappa shape index (κ3) is 1.96. The van der Waals surface area contributed by atoms with Crippen molar-refractivity contribution in [3.8, 4) is 5.75 Å². The molecule has 1 aliphatic rings. The number of nitrogens with one attached hydrogen (secondary N) is 1. The van der Waals surface area contributed by atoms with Gasteiger partial charge in [-0.2, -0.15) is 0 Å². The van der Waals surface area contributed by atoms with E-state index in [-0.39, 0.29) is 0 Å². The molecule has 88 valence electrons. The number of ether oxygens (including phenoxy) is 1. The zero-order chi connectivity index (χ0) is 11.7. The van der Waals surface area contributed by atoms with Gasteiger partial charge in [0.1, 0.15) is 11.6 Å². The normalized spacial score (nSPS) is 19.7. The van der Waals surface area contributed by atoms with Crippen molar-refractivity contribution in [2.75, 3.05) is 20.2 Å². The molecule has 0 aliphatic carbocycles. The zero-order valence-electron chi connectivity index (χ0n) is 9.81. The summed E-state index contributed by atoms with van der Waals surface area (Å²) in [5.41, 5.74) is 0.989. The summed E-state index contributed by atoms with van der Waals surface area (Å²) >= 11 is 0. The van der Waals surface area contributed by atoms with Crippen LogP contribution < -0.4 is 10.1 Å². The lowest BCUT2D eigenvalue weighted by atomic mass is 10.1. The Hall–Kier alpha value is -1.68. The number of rotatable bonds is 2. The van der Waals surface area contributed by atoms with Crippen LogP contribution in [0.3, 0.4) is 0 Å². The number of aromatic nitrogens is 2. The van der Waals surface area contributed by atoms with Gasteiger partial charge >= 0.3 is 0 Å². The van der Waals surface area contributed by atoms with Gasteiger partial charge in [0.15, 0.2) is 0 Å². The molecule has 1 fully saturated rings. The molecular formula is C13H15N3O. The average molecular weight is 229 g/mol. The molecule has 0 saturated carbocycles. The van der Waals surface area contributed by atoms with Gasteiger partial charge in [0.2, 0.25) is 0 Å². The third-order valence-electron chi connectivity index (χ3n) is 3.23. The lowest BCUT2D eigenvalue weighted by Gasteiger charge is -2.08. The van der Waals surface area contributed by atoms with Crippen LogP contribution in [0.1, 0.15) is 18.2 Å². The van der Waals surface area contributed by atoms with Gasteiger partial charge in [-0.1, -0.05) is 0 Å². The Labute approximate surface area is 100 Å². The van der Waals surface area contributed by atoms with E-state index in [2.05, 4.69) is 15.3 Å². The van der Waals surface area contributed by atoms with E-state index in [1.165, 1.54) is 0 Å². The summed E-state index contributed by atoms with van der Waals surface area (Å²) in [5.74, 6) is 2.26. The van der Waals surface area contributed by atoms with Gasteiger partial charge in [-0.25, -0.2) is 9.97 Å². The summed E-state index contributed by atoms with van der Waals surface area (Å²) in [4.78, 5) is 9.08. The molecule has 1 aromatic heterocycles. The van der Waals surface area contributed by atoms with E-state index in [0.717, 1.165) is 42.0 Å². The maximum Gasteiger partial charge on any atom is 0.133 e. The lowest BCUT2D eigenvalue weighted by Crippen LogP contribution is -2.10. The summed E-state index contributed by atoms with van der Waals surface area (Å²) < 4.78 is 5.19. The minimum atomic E-state index is 0.460. The summed E-state index contributed by atoms with van der Waals surface area (Å²) in [6.07, 6.45) is 3.01. The van der Waals surface area contributed by atoms with Crippen LogP contribution in [-0.2, 0) is 0 Å². The van der Waals surface area contributed by atoms with E-state index >= 15 is 0 Å². The van der Waals surface area contributed by atoms with Gasteiger partial charge in [0, 0.05) is 24.0 Å². The summed E-state index contributed by atoms with van der Waals surface area (Å²) in [7, 11) is 1.67. The summed E-state index contributed by atoms with van der Waals surface area (Å²) in [6.45, 7) is 2.05. The molecule has 1 saturated heterocycles. The van der Waals surface area contributed by atoms with Crippen molar-refractivity contribution >= 4 is 10.9 Å². The predicted octanol–water partition coefficient (Wildman–Crippen LogP) is 1.72. The highest BCUT2D eigenvalue weighted by Crippen LogP contribution is 2.23. The molecule has 1 atom stereocenters. The maximum absolute atomic E-state index is 5.19. The Bertz CT molecular complexity index is 535. The largest absolute Gasteiger partial charge is 0.497 e. The Kier molecular flexibility index (Phi) is 2.65. The fourth-order valence-electron chi connectivity index (χ4n) is 2.22. The smallest absolute Gasteiger partial charge is 0.133 e. The van der Waals surface area contributed by atoms with E-state index in [4.69, 9.17) is 4.74 Å². The van der Waals surface area contributed by atoms with Crippen LogP contribution in [0.25, 0.3) is 10.9 Å². The van der Waals surface area contributed by atoms with Crippen LogP contribution in [0.15, 0.2) is 24.4 Å². The molecule has 4 nitrogen and oxygen atoms in total. The molecule has 0 amide bonds. The molecule has 2 heterocycles. The topological polar surface area (TPSA) is 47.0 Å². The molecule has 2 aromatic rings. The first kappa shape index (κ1) is 10.5. The van der Waals surface area contributed by atoms with Crippen LogP contribution in [-0.4, -0.2) is 30.2 Å². The molecule has 1 aromatic carbocycles. The van der Waals surface area contributed by atoms with Gasteiger partial charge in [0.05, 0.1) is 12.6 Å². The minimum Gasteiger partial charge on any atom is -0.497 e. The van der Waals surface area contributed by atoms with Gasteiger partial charge in [-0.15, -0.1) is 0 Å². The molecule has 1 unspecified atom stereocenters. The van der Waals surface area contributed by atoms with Crippen molar-refractivity contribution in [3.63, 3.8) is 0 Å². The molecule has 1 aliphatic heterocycles. The highest BCUT2D eigenvalue weighted by atomic mass is 16.5. The van der Waals surface area contributed by atoms with Crippen molar-refractivity contribution in [3.05, 3.63) is 30.2 Å². The van der Waals surface area contributed by atoms with Crippen molar-refractivity contribution in [1.82, 2.24) is 15.3 Å². The van der Waals surface area contributed by atoms with Gasteiger partial charge < -0.3 is 10.1 Å². The van der Waals surface area contributed by atoms with Crippen LogP contribution in [0, 0.1) is 0 Å². The summed E-state index contributed by atoms with van der Waals surface area (Å²) in [5, 5.41) is 4.36. The first-order valence-electron chi connectivity index (χ1n) is 5.88. The first-order valence-corrected chi connectivity index (χ1v) is 5.88. The fraction of sp³-hybridized carbons (Fsp3) is 0.385. The molecule has 0 radical (unpaired) electrons. The monoisotopic (exact) mass is 229 g/mol. The Morgan fingerprint density at radius 1 is 1.41 bits per heavy atom. The second kappa shape index (κ2) is 4.30. The molecule has 0 bridgehead atoms. The SMILES string of the molecule is COc1ccc2nc(C3CCNC3)ncc2c1. The van der Waals surface area contributed by atoms with Gasteiger partial charge in [-0.3, -0.25) is 0 Å². The number of hydrogen-bond acceptors (Lipinski definition) is 4. The molecular weight excluding hydrogens is 214 g/mol. The van der Waals surface area contributed by atoms with Crippen LogP contribution in [0.2, 0.25) is 0 Å². The van der Waals surface area contributed by atoms with Crippen molar-refractivity contribution < 1.29 is 4.74 Å². The Balaban J connectivity index is 2.01. The summed E-state index contributed by atoms with van der Waals surface area (Å²) in [6, 6.07) is 5.89. The number of fused-ring (bicyclic) bond motifs is 1. The van der Waals surface area contributed by atoms with E-state index < -0.39 is 0 Å². The highest BCUT2D eigenvalue weighted by molar-refractivity contribution is 5.79. The highest BCUT2D eigenvalue weighted by Gasteiger charge is 2.19. The number of benzene rings is 1. The van der Waals surface area contributed by atoms with Crippen LogP contribution in [0.4, 0.5) is 0 Å². The van der Waals surface area contributed by atoms with Gasteiger partial charge in [0.25, 0.3) is 0 Å². The standard InChI is InChI=1S/C13H15N3O/c1-17-11-2-3-12-10(6-11)8-15-13(16-12)9-4-5-14-7-9/h2-3,6,8-9,14H,4-5,7H2,1H3. The number of nitrogens with zero attached hydrogens (tertiary/aromatic N) is 2. The van der Waals surface area contributed by atoms with Crippen LogP contribution in [0.5, 0.6) is 5.75 Å². The van der Waals surface area contributed by atoms with Crippen molar-refractivity contribution in [2.45, 2.75) is 12.3 Å². The molecule has 0 spiro atoms. The maximum atomic E-state index is 5.19. The second-order valence-corrected chi connectivity index (χ2v) is 4.34. The van der Waals surface area contributed by atoms with E-state index in [0.29, 0.717) is 5.92 Å². The van der Waals surface area contributed by atoms with Crippen molar-refractivity contribution in [1.29, 1.82) is 0 Å². The number of hydrogen-bond donors (Lipinski definition) is 1. The van der Waals surface area contributed by atoms with Gasteiger partial charge in [-0.05, 0) is 31.2 Å². The predicted molar refractivity (Wildman–Crippen MR) is 66.3 cm³/mol. The fourth-order valence-corrected chi connectivity index (χ4v) is 2.22. The van der Waals surface area contributed by atoms with E-state index in [1.807, 2.05) is 24.4 Å². The quantitative estimate of drug-likeness (QED) is 0.851. The first-order chi connectivity index (χ1) is 8.36. The second-order valence-electron chi connectivity index (χ2n) is 4.34. The van der Waals surface area contributed by atoms with Crippen LogP contribution >= 0.6 is 0 Å². The molecule has 1 N–H and O–H groups in total. The molecule has 4 heteroatoms. The molecule has 3 rings (SSSR count). The minimum absolute atomic E-state index is 0.460. The average Bonchev–Trinajstić information content (AvgIpc) is 2.91. The zero-order valence-corrected chi connectivity index (χ0v) is 9.81. The molecule has 17 heavy (non-hydrogen) atoms. The number of methoxy groups -OCH3 is 1. The van der Waals surface area contributed by atoms with E-state index in [9.17, 15) is 0 Å². The Morgan fingerprint density at radius 3 is 3.12 bits per heavy atom. The lowest BCUT2D eigenvalue weighted by molar-refractivity contribution is 0.415. The Morgan fingerprint density at radius 2 is 2.35 bits per heavy atom. The third-order valence-corrected chi connectivity index (χ3v) is 3.23. The van der Waals surface area contributed by atoms with Crippen molar-refractivity contribution in [2.24, 2.45) is 0 Å². The van der Waals surface area contributed by atoms with E-state index in [1.54, 1.807) is 7.11 Å².